The van der Waals surface area contributed by atoms with Crippen molar-refractivity contribution >= 4 is 25.0 Å². The van der Waals surface area contributed by atoms with E-state index in [2.05, 4.69) is 43.8 Å². The Kier molecular flexibility index (Phi) is 6.19. The molecule has 0 atom stereocenters. The van der Waals surface area contributed by atoms with Crippen LogP contribution >= 0.6 is 0 Å². The molecule has 0 aliphatic heterocycles. The number of non-ortho nitro benzene ring substituents is 1. The van der Waals surface area contributed by atoms with Crippen molar-refractivity contribution in [1.29, 1.82) is 0 Å². The van der Waals surface area contributed by atoms with Crippen LogP contribution in [0.15, 0.2) is 48.7 Å². The minimum atomic E-state index is -1.79. The molecule has 0 bridgehead atoms. The van der Waals surface area contributed by atoms with Crippen LogP contribution in [0.1, 0.15) is 20.8 Å². The van der Waals surface area contributed by atoms with Gasteiger partial charge in [-0.25, -0.2) is 4.98 Å². The first-order valence-electron chi connectivity index (χ1n) is 9.85. The van der Waals surface area contributed by atoms with E-state index >= 15 is 0 Å². The minimum Gasteiger partial charge on any atom is -0.491 e. The van der Waals surface area contributed by atoms with Crippen LogP contribution in [-0.4, -0.2) is 36.4 Å². The lowest BCUT2D eigenvalue weighted by Gasteiger charge is -2.36. The van der Waals surface area contributed by atoms with Gasteiger partial charge >= 0.3 is 0 Å². The molecule has 0 amide bonds. The lowest BCUT2D eigenvalue weighted by Crippen LogP contribution is -2.41. The number of benzene rings is 2. The predicted molar refractivity (Wildman–Crippen MR) is 120 cm³/mol. The van der Waals surface area contributed by atoms with Gasteiger partial charge < -0.3 is 9.16 Å². The Bertz CT molecular complexity index is 1050. The third-order valence-corrected chi connectivity index (χ3v) is 10.0. The van der Waals surface area contributed by atoms with Crippen molar-refractivity contribution in [2.45, 2.75) is 38.9 Å². The van der Waals surface area contributed by atoms with Crippen molar-refractivity contribution in [2.24, 2.45) is 0 Å². The van der Waals surface area contributed by atoms with Crippen LogP contribution in [0.25, 0.3) is 22.3 Å². The number of hydrogen-bond donors (Lipinski definition) is 0. The number of nitro benzene ring substituents is 1. The van der Waals surface area contributed by atoms with Gasteiger partial charge in [0, 0.05) is 23.8 Å². The van der Waals surface area contributed by atoms with Gasteiger partial charge in [-0.05, 0) is 42.4 Å². The second kappa shape index (κ2) is 8.49. The van der Waals surface area contributed by atoms with Crippen LogP contribution in [0.5, 0.6) is 5.75 Å². The first-order valence-corrected chi connectivity index (χ1v) is 12.8. The minimum absolute atomic E-state index is 0.0445. The maximum Gasteiger partial charge on any atom is 0.269 e. The van der Waals surface area contributed by atoms with E-state index < -0.39 is 13.2 Å². The molecule has 0 saturated carbocycles. The second-order valence-electron chi connectivity index (χ2n) is 8.67. The molecule has 0 fully saturated rings. The van der Waals surface area contributed by atoms with Crippen molar-refractivity contribution in [3.63, 3.8) is 0 Å². The number of ether oxygens (including phenoxy) is 1. The van der Waals surface area contributed by atoms with E-state index in [4.69, 9.17) is 9.16 Å². The Morgan fingerprint density at radius 3 is 2.37 bits per heavy atom. The lowest BCUT2D eigenvalue weighted by molar-refractivity contribution is -0.384. The van der Waals surface area contributed by atoms with Gasteiger partial charge in [0.15, 0.2) is 8.32 Å². The fourth-order valence-corrected chi connectivity index (χ4v) is 3.67. The van der Waals surface area contributed by atoms with Crippen molar-refractivity contribution in [3.8, 4) is 17.0 Å². The zero-order valence-corrected chi connectivity index (χ0v) is 19.0. The molecule has 0 unspecified atom stereocenters. The number of fused-ring (bicyclic) bond motifs is 1. The highest BCUT2D eigenvalue weighted by Gasteiger charge is 2.36. The highest BCUT2D eigenvalue weighted by Crippen LogP contribution is 2.36. The largest absolute Gasteiger partial charge is 0.491 e. The number of nitro groups is 1. The molecular weight excluding hydrogens is 398 g/mol. The molecule has 8 heteroatoms. The molecule has 158 valence electrons. The maximum absolute atomic E-state index is 10.8. The van der Waals surface area contributed by atoms with E-state index in [1.807, 2.05) is 18.2 Å². The molecule has 2 aromatic carbocycles. The Balaban J connectivity index is 1.70. The van der Waals surface area contributed by atoms with Crippen molar-refractivity contribution < 1.29 is 14.1 Å². The van der Waals surface area contributed by atoms with Gasteiger partial charge in [-0.15, -0.1) is 0 Å². The first-order chi connectivity index (χ1) is 14.1. The van der Waals surface area contributed by atoms with Gasteiger partial charge in [-0.3, -0.25) is 15.1 Å². The standard InChI is InChI=1S/C22H27N3O4Si/c1-22(2,3)30(4,5)29-13-12-28-18-10-11-19-20(14-18)24-21(15-23-19)16-6-8-17(9-7-16)25(26)27/h6-11,14-15H,12-13H2,1-5H3. The van der Waals surface area contributed by atoms with Gasteiger partial charge in [-0.1, -0.05) is 20.8 Å². The maximum atomic E-state index is 10.8. The monoisotopic (exact) mass is 425 g/mol. The van der Waals surface area contributed by atoms with Crippen molar-refractivity contribution in [1.82, 2.24) is 9.97 Å². The van der Waals surface area contributed by atoms with Crippen LogP contribution < -0.4 is 4.74 Å². The lowest BCUT2D eigenvalue weighted by atomic mass is 10.1. The average Bonchev–Trinajstić information content (AvgIpc) is 2.70. The highest BCUT2D eigenvalue weighted by molar-refractivity contribution is 6.74. The third kappa shape index (κ3) is 5.01. The normalized spacial score (nSPS) is 12.2. The molecule has 0 saturated heterocycles. The SMILES string of the molecule is CC(C)(C)[Si](C)(C)OCCOc1ccc2ncc(-c3ccc([N+](=O)[O-])cc3)nc2c1. The fraction of sp³-hybridized carbons (Fsp3) is 0.364. The molecule has 0 radical (unpaired) electrons. The Labute approximate surface area is 177 Å². The second-order valence-corrected chi connectivity index (χ2v) is 13.5. The van der Waals surface area contributed by atoms with E-state index in [1.165, 1.54) is 12.1 Å². The summed E-state index contributed by atoms with van der Waals surface area (Å²) < 4.78 is 12.0. The Hall–Kier alpha value is -2.84. The van der Waals surface area contributed by atoms with Crippen LogP contribution in [0.3, 0.4) is 0 Å². The van der Waals surface area contributed by atoms with Gasteiger partial charge in [0.05, 0.1) is 34.5 Å². The van der Waals surface area contributed by atoms with Crippen LogP contribution in [-0.2, 0) is 4.43 Å². The van der Waals surface area contributed by atoms with Gasteiger partial charge in [0.1, 0.15) is 12.4 Å². The molecule has 0 N–H and O–H groups in total. The fourth-order valence-electron chi connectivity index (χ4n) is 2.65. The van der Waals surface area contributed by atoms with Gasteiger partial charge in [0.25, 0.3) is 5.69 Å². The average molecular weight is 426 g/mol. The summed E-state index contributed by atoms with van der Waals surface area (Å²) in [5.41, 5.74) is 2.92. The van der Waals surface area contributed by atoms with Gasteiger partial charge in [-0.2, -0.15) is 0 Å². The topological polar surface area (TPSA) is 87.4 Å². The zero-order valence-electron chi connectivity index (χ0n) is 18.0. The number of hydrogen-bond acceptors (Lipinski definition) is 6. The van der Waals surface area contributed by atoms with E-state index in [0.29, 0.717) is 30.2 Å². The molecule has 0 aliphatic rings. The van der Waals surface area contributed by atoms with Crippen LogP contribution in [0, 0.1) is 10.1 Å². The molecule has 3 rings (SSSR count). The summed E-state index contributed by atoms with van der Waals surface area (Å²) in [4.78, 5) is 19.5. The third-order valence-electron chi connectivity index (χ3n) is 5.51. The van der Waals surface area contributed by atoms with Crippen LogP contribution in [0.4, 0.5) is 5.69 Å². The summed E-state index contributed by atoms with van der Waals surface area (Å²) in [6.07, 6.45) is 1.66. The number of aromatic nitrogens is 2. The summed E-state index contributed by atoms with van der Waals surface area (Å²) >= 11 is 0. The van der Waals surface area contributed by atoms with E-state index in [9.17, 15) is 10.1 Å². The Morgan fingerprint density at radius 2 is 1.73 bits per heavy atom. The predicted octanol–water partition coefficient (Wildman–Crippen LogP) is 5.61. The van der Waals surface area contributed by atoms with E-state index in [-0.39, 0.29) is 10.7 Å². The molecule has 30 heavy (non-hydrogen) atoms. The summed E-state index contributed by atoms with van der Waals surface area (Å²) in [7, 11) is -1.79. The van der Waals surface area contributed by atoms with Crippen molar-refractivity contribution in [3.05, 3.63) is 58.8 Å². The summed E-state index contributed by atoms with van der Waals surface area (Å²) in [5, 5.41) is 11.0. The van der Waals surface area contributed by atoms with E-state index in [0.717, 1.165) is 11.1 Å². The van der Waals surface area contributed by atoms with Crippen LogP contribution in [0.2, 0.25) is 18.1 Å². The number of rotatable bonds is 7. The molecule has 0 spiro atoms. The smallest absolute Gasteiger partial charge is 0.269 e. The quantitative estimate of drug-likeness (QED) is 0.212. The molecule has 3 aromatic rings. The molecule has 1 aromatic heterocycles. The molecule has 7 nitrogen and oxygen atoms in total. The highest BCUT2D eigenvalue weighted by atomic mass is 28.4. The Morgan fingerprint density at radius 1 is 1.03 bits per heavy atom. The molecule has 1 heterocycles. The first kappa shape index (κ1) is 21.9. The molecule has 0 aliphatic carbocycles. The van der Waals surface area contributed by atoms with E-state index in [1.54, 1.807) is 18.3 Å². The summed E-state index contributed by atoms with van der Waals surface area (Å²) in [6, 6.07) is 11.9. The summed E-state index contributed by atoms with van der Waals surface area (Å²) in [6.45, 7) is 12.1. The number of nitrogens with zero attached hydrogens (tertiary/aromatic N) is 3. The van der Waals surface area contributed by atoms with Crippen molar-refractivity contribution in [2.75, 3.05) is 13.2 Å². The summed E-state index contributed by atoms with van der Waals surface area (Å²) in [5.74, 6) is 0.705. The molecular formula is C22H27N3O4Si. The zero-order chi connectivity index (χ0) is 21.9. The van der Waals surface area contributed by atoms with Gasteiger partial charge in [0.2, 0.25) is 0 Å².